The molecule has 1 nitrogen and oxygen atoms in total. The fourth-order valence-corrected chi connectivity index (χ4v) is 2.15. The molecule has 0 saturated heterocycles. The van der Waals surface area contributed by atoms with Crippen LogP contribution in [0.3, 0.4) is 0 Å². The summed E-state index contributed by atoms with van der Waals surface area (Å²) in [5, 5.41) is 0. The zero-order chi connectivity index (χ0) is 12.8. The summed E-state index contributed by atoms with van der Waals surface area (Å²) in [6, 6.07) is 18.8. The second kappa shape index (κ2) is 6.11. The van der Waals surface area contributed by atoms with Crippen molar-refractivity contribution < 1.29 is 4.74 Å². The third kappa shape index (κ3) is 2.83. The first-order valence-corrected chi connectivity index (χ1v) is 6.15. The molecule has 2 aromatic carbocycles. The van der Waals surface area contributed by atoms with Gasteiger partial charge in [-0.25, -0.2) is 0 Å². The zero-order valence-corrected chi connectivity index (χ0v) is 10.7. The second-order valence-electron chi connectivity index (χ2n) is 4.26. The average molecular weight is 236 g/mol. The van der Waals surface area contributed by atoms with E-state index in [1.165, 1.54) is 10.9 Å². The van der Waals surface area contributed by atoms with Gasteiger partial charge in [-0.05, 0) is 18.5 Å². The third-order valence-electron chi connectivity index (χ3n) is 3.12. The van der Waals surface area contributed by atoms with Gasteiger partial charge in [0.25, 0.3) is 0 Å². The molecule has 18 heavy (non-hydrogen) atoms. The molecule has 0 amide bonds. The minimum absolute atomic E-state index is 0.370. The van der Waals surface area contributed by atoms with Crippen LogP contribution in [-0.4, -0.2) is 13.8 Å². The molecule has 0 radical (unpaired) electrons. The minimum Gasteiger partial charge on any atom is -0.497 e. The second-order valence-corrected chi connectivity index (χ2v) is 4.26. The van der Waals surface area contributed by atoms with Crippen LogP contribution in [0.5, 0.6) is 5.75 Å². The fraction of sp³-hybridized carbons (Fsp3) is 0.125. The van der Waals surface area contributed by atoms with E-state index in [1.807, 2.05) is 24.3 Å². The number of allylic oxidation sites excluding steroid dienone is 1. The van der Waals surface area contributed by atoms with Crippen molar-refractivity contribution in [1.29, 1.82) is 0 Å². The van der Waals surface area contributed by atoms with E-state index in [2.05, 4.69) is 43.0 Å². The van der Waals surface area contributed by atoms with Crippen molar-refractivity contribution in [1.82, 2.24) is 0 Å². The lowest BCUT2D eigenvalue weighted by molar-refractivity contribution is 0.415. The van der Waals surface area contributed by atoms with Crippen LogP contribution in [0.1, 0.15) is 0 Å². The molecule has 2 heteroatoms. The van der Waals surface area contributed by atoms with Gasteiger partial charge in [-0.15, -0.1) is 6.58 Å². The molecular weight excluding hydrogens is 219 g/mol. The lowest BCUT2D eigenvalue weighted by Crippen LogP contribution is -2.41. The topological polar surface area (TPSA) is 9.23 Å². The quantitative estimate of drug-likeness (QED) is 0.572. The SMILES string of the molecule is C=CCB(c1ccccc1)c1ccc(OC)cc1. The molecule has 0 unspecified atom stereocenters. The van der Waals surface area contributed by atoms with E-state index in [0.29, 0.717) is 6.71 Å². The summed E-state index contributed by atoms with van der Waals surface area (Å²) in [6.45, 7) is 4.23. The lowest BCUT2D eigenvalue weighted by Gasteiger charge is -2.13. The Balaban J connectivity index is 2.32. The molecule has 0 saturated carbocycles. The molecule has 0 aliphatic heterocycles. The number of methoxy groups -OCH3 is 1. The van der Waals surface area contributed by atoms with Gasteiger partial charge < -0.3 is 4.74 Å². The molecular formula is C16H17BO. The van der Waals surface area contributed by atoms with E-state index in [4.69, 9.17) is 4.74 Å². The van der Waals surface area contributed by atoms with E-state index in [-0.39, 0.29) is 0 Å². The highest BCUT2D eigenvalue weighted by Gasteiger charge is 2.16. The van der Waals surface area contributed by atoms with Crippen LogP contribution in [-0.2, 0) is 0 Å². The molecule has 0 atom stereocenters. The van der Waals surface area contributed by atoms with Gasteiger partial charge in [0.1, 0.15) is 5.75 Å². The van der Waals surface area contributed by atoms with E-state index in [9.17, 15) is 0 Å². The van der Waals surface area contributed by atoms with Crippen molar-refractivity contribution in [3.8, 4) is 5.75 Å². The van der Waals surface area contributed by atoms with Gasteiger partial charge in [0, 0.05) is 0 Å². The monoisotopic (exact) mass is 236 g/mol. The average Bonchev–Trinajstić information content (AvgIpc) is 2.46. The summed E-state index contributed by atoms with van der Waals surface area (Å²) in [7, 11) is 1.69. The van der Waals surface area contributed by atoms with Crippen LogP contribution in [0.2, 0.25) is 6.32 Å². The molecule has 0 spiro atoms. The Hall–Kier alpha value is -1.96. The summed E-state index contributed by atoms with van der Waals surface area (Å²) in [6.07, 6.45) is 2.91. The van der Waals surface area contributed by atoms with Crippen molar-refractivity contribution in [3.63, 3.8) is 0 Å². The third-order valence-corrected chi connectivity index (χ3v) is 3.12. The Morgan fingerprint density at radius 3 is 2.17 bits per heavy atom. The Morgan fingerprint density at radius 1 is 1.00 bits per heavy atom. The van der Waals surface area contributed by atoms with Crippen molar-refractivity contribution in [2.45, 2.75) is 6.32 Å². The minimum atomic E-state index is 0.370. The standard InChI is InChI=1S/C16H17BO/c1-3-13-17(14-7-5-4-6-8-14)15-9-11-16(18-2)12-10-15/h3-12H,1,13H2,2H3. The summed E-state index contributed by atoms with van der Waals surface area (Å²) >= 11 is 0. The molecule has 0 aromatic heterocycles. The van der Waals surface area contributed by atoms with Gasteiger partial charge >= 0.3 is 0 Å². The van der Waals surface area contributed by atoms with Gasteiger partial charge in [0.05, 0.1) is 7.11 Å². The van der Waals surface area contributed by atoms with Gasteiger partial charge in [-0.2, -0.15) is 0 Å². The normalized spacial score (nSPS) is 9.83. The Morgan fingerprint density at radius 2 is 1.61 bits per heavy atom. The van der Waals surface area contributed by atoms with Crippen molar-refractivity contribution in [2.75, 3.05) is 7.11 Å². The van der Waals surface area contributed by atoms with Crippen LogP contribution in [0, 0.1) is 0 Å². The molecule has 90 valence electrons. The number of hydrogen-bond acceptors (Lipinski definition) is 1. The molecule has 0 N–H and O–H groups in total. The van der Waals surface area contributed by atoms with Gasteiger partial charge in [-0.3, -0.25) is 0 Å². The summed E-state index contributed by atoms with van der Waals surface area (Å²) in [5.41, 5.74) is 2.62. The zero-order valence-electron chi connectivity index (χ0n) is 10.7. The number of ether oxygens (including phenoxy) is 1. The summed E-state index contributed by atoms with van der Waals surface area (Å²) < 4.78 is 5.19. The van der Waals surface area contributed by atoms with E-state index in [0.717, 1.165) is 12.1 Å². The van der Waals surface area contributed by atoms with Crippen LogP contribution in [0.15, 0.2) is 67.3 Å². The number of benzene rings is 2. The lowest BCUT2D eigenvalue weighted by atomic mass is 9.39. The maximum atomic E-state index is 5.19. The van der Waals surface area contributed by atoms with E-state index >= 15 is 0 Å². The largest absolute Gasteiger partial charge is 0.497 e. The predicted octanol–water partition coefficient (Wildman–Crippen LogP) is 2.49. The van der Waals surface area contributed by atoms with Crippen molar-refractivity contribution in [2.24, 2.45) is 0 Å². The van der Waals surface area contributed by atoms with Gasteiger partial charge in [-0.1, -0.05) is 59.5 Å². The van der Waals surface area contributed by atoms with Crippen LogP contribution >= 0.6 is 0 Å². The van der Waals surface area contributed by atoms with Gasteiger partial charge in [0.2, 0.25) is 6.71 Å². The first-order valence-electron chi connectivity index (χ1n) is 6.15. The van der Waals surface area contributed by atoms with Crippen LogP contribution in [0.4, 0.5) is 0 Å². The molecule has 0 aliphatic rings. The van der Waals surface area contributed by atoms with Gasteiger partial charge in [0.15, 0.2) is 0 Å². The molecule has 2 rings (SSSR count). The molecule has 2 aromatic rings. The summed E-state index contributed by atoms with van der Waals surface area (Å²) in [5.74, 6) is 0.893. The van der Waals surface area contributed by atoms with E-state index in [1.54, 1.807) is 7.11 Å². The fourth-order valence-electron chi connectivity index (χ4n) is 2.15. The van der Waals surface area contributed by atoms with E-state index < -0.39 is 0 Å². The predicted molar refractivity (Wildman–Crippen MR) is 79.5 cm³/mol. The number of rotatable bonds is 5. The maximum absolute atomic E-state index is 5.19. The van der Waals surface area contributed by atoms with Crippen LogP contribution in [0.25, 0.3) is 0 Å². The summed E-state index contributed by atoms with van der Waals surface area (Å²) in [4.78, 5) is 0. The highest BCUT2D eigenvalue weighted by atomic mass is 16.5. The highest BCUT2D eigenvalue weighted by Crippen LogP contribution is 2.07. The molecule has 0 fully saturated rings. The Kier molecular flexibility index (Phi) is 4.24. The first kappa shape index (κ1) is 12.5. The van der Waals surface area contributed by atoms with Crippen LogP contribution < -0.4 is 15.7 Å². The highest BCUT2D eigenvalue weighted by molar-refractivity contribution is 6.85. The maximum Gasteiger partial charge on any atom is 0.213 e. The Labute approximate surface area is 109 Å². The van der Waals surface area contributed by atoms with Crippen molar-refractivity contribution >= 4 is 17.6 Å². The molecule has 0 aliphatic carbocycles. The molecule has 0 heterocycles. The first-order chi connectivity index (χ1) is 8.85. The molecule has 0 bridgehead atoms. The number of hydrogen-bond donors (Lipinski definition) is 0. The smallest absolute Gasteiger partial charge is 0.213 e. The Bertz CT molecular complexity index is 490. The van der Waals surface area contributed by atoms with Crippen molar-refractivity contribution in [3.05, 3.63) is 67.3 Å².